The van der Waals surface area contributed by atoms with Crippen LogP contribution >= 0.6 is 0 Å². The number of hydrogen-bond donors (Lipinski definition) is 1. The van der Waals surface area contributed by atoms with Gasteiger partial charge in [0, 0.05) is 0 Å². The number of nitrogens with zero attached hydrogens (tertiary/aromatic N) is 2. The van der Waals surface area contributed by atoms with Crippen LogP contribution in [-0.4, -0.2) is 23.9 Å². The van der Waals surface area contributed by atoms with Gasteiger partial charge in [0.15, 0.2) is 0 Å². The fraction of sp³-hybridized carbons (Fsp3) is 0.333. The van der Waals surface area contributed by atoms with E-state index in [4.69, 9.17) is 9.15 Å². The largest absolute Gasteiger partial charge is 0.493 e. The molecule has 1 aromatic carbocycles. The highest BCUT2D eigenvalue weighted by Gasteiger charge is 2.12. The number of benzene rings is 1. The van der Waals surface area contributed by atoms with Crippen molar-refractivity contribution in [3.8, 4) is 17.2 Å². The van der Waals surface area contributed by atoms with Crippen molar-refractivity contribution in [1.29, 1.82) is 0 Å². The molecule has 0 aliphatic carbocycles. The van der Waals surface area contributed by atoms with Crippen molar-refractivity contribution in [2.24, 2.45) is 0 Å². The summed E-state index contributed by atoms with van der Waals surface area (Å²) in [7, 11) is 1.83. The summed E-state index contributed by atoms with van der Waals surface area (Å²) >= 11 is 0. The number of nitrogens with one attached hydrogen (secondary N) is 1. The summed E-state index contributed by atoms with van der Waals surface area (Å²) in [6.45, 7) is 3.11. The lowest BCUT2D eigenvalue weighted by molar-refractivity contribution is 0.340. The van der Waals surface area contributed by atoms with Gasteiger partial charge in [-0.15, -0.1) is 10.2 Å². The minimum absolute atomic E-state index is 0.485. The van der Waals surface area contributed by atoms with Gasteiger partial charge in [-0.25, -0.2) is 0 Å². The number of rotatable bonds is 5. The number of aromatic nitrogens is 2. The zero-order chi connectivity index (χ0) is 12.1. The van der Waals surface area contributed by atoms with Crippen molar-refractivity contribution in [2.45, 2.75) is 13.5 Å². The average molecular weight is 233 g/mol. The van der Waals surface area contributed by atoms with E-state index in [1.807, 2.05) is 38.2 Å². The molecule has 2 aromatic rings. The highest BCUT2D eigenvalue weighted by Crippen LogP contribution is 2.28. The molecule has 17 heavy (non-hydrogen) atoms. The summed E-state index contributed by atoms with van der Waals surface area (Å²) in [6.07, 6.45) is 0. The van der Waals surface area contributed by atoms with Gasteiger partial charge in [-0.2, -0.15) is 0 Å². The zero-order valence-corrected chi connectivity index (χ0v) is 9.93. The average Bonchev–Trinajstić information content (AvgIpc) is 2.79. The zero-order valence-electron chi connectivity index (χ0n) is 9.93. The summed E-state index contributed by atoms with van der Waals surface area (Å²) in [4.78, 5) is 0. The first kappa shape index (κ1) is 11.6. The highest BCUT2D eigenvalue weighted by atomic mass is 16.5. The molecule has 0 aliphatic rings. The van der Waals surface area contributed by atoms with E-state index in [2.05, 4.69) is 15.5 Å². The van der Waals surface area contributed by atoms with Crippen molar-refractivity contribution in [1.82, 2.24) is 15.5 Å². The highest BCUT2D eigenvalue weighted by molar-refractivity contribution is 5.62. The Bertz CT molecular complexity index is 482. The number of hydrogen-bond acceptors (Lipinski definition) is 5. The Hall–Kier alpha value is -1.88. The van der Waals surface area contributed by atoms with Gasteiger partial charge in [-0.1, -0.05) is 12.1 Å². The second kappa shape index (κ2) is 5.45. The van der Waals surface area contributed by atoms with Crippen molar-refractivity contribution in [2.75, 3.05) is 13.7 Å². The first-order valence-electron chi connectivity index (χ1n) is 5.54. The molecule has 2 rings (SSSR count). The molecule has 0 saturated carbocycles. The van der Waals surface area contributed by atoms with Crippen molar-refractivity contribution in [3.63, 3.8) is 0 Å². The molecule has 0 amide bonds. The van der Waals surface area contributed by atoms with Gasteiger partial charge in [0.1, 0.15) is 5.75 Å². The summed E-state index contributed by atoms with van der Waals surface area (Å²) < 4.78 is 11.0. The molecule has 1 N–H and O–H groups in total. The molecule has 0 aliphatic heterocycles. The van der Waals surface area contributed by atoms with E-state index in [0.29, 0.717) is 24.9 Å². The van der Waals surface area contributed by atoms with Gasteiger partial charge in [0.05, 0.1) is 18.7 Å². The Morgan fingerprint density at radius 2 is 2.12 bits per heavy atom. The van der Waals surface area contributed by atoms with Gasteiger partial charge in [0.25, 0.3) is 5.89 Å². The first-order chi connectivity index (χ1) is 8.35. The van der Waals surface area contributed by atoms with E-state index in [1.165, 1.54) is 0 Å². The van der Waals surface area contributed by atoms with E-state index in [-0.39, 0.29) is 0 Å². The van der Waals surface area contributed by atoms with Crippen LogP contribution in [0.1, 0.15) is 12.8 Å². The van der Waals surface area contributed by atoms with Crippen LogP contribution in [0.15, 0.2) is 28.7 Å². The van der Waals surface area contributed by atoms with Crippen LogP contribution in [0.3, 0.4) is 0 Å². The Balaban J connectivity index is 2.31. The van der Waals surface area contributed by atoms with Crippen LogP contribution in [-0.2, 0) is 6.54 Å². The predicted molar refractivity (Wildman–Crippen MR) is 63.7 cm³/mol. The molecule has 1 heterocycles. The van der Waals surface area contributed by atoms with Gasteiger partial charge in [0.2, 0.25) is 5.89 Å². The molecule has 0 spiro atoms. The fourth-order valence-corrected chi connectivity index (χ4v) is 1.51. The predicted octanol–water partition coefficient (Wildman–Crippen LogP) is 1.85. The van der Waals surface area contributed by atoms with Gasteiger partial charge in [-0.3, -0.25) is 0 Å². The normalized spacial score (nSPS) is 10.5. The maximum atomic E-state index is 5.53. The third-order valence-electron chi connectivity index (χ3n) is 2.21. The molecule has 5 nitrogen and oxygen atoms in total. The molecular weight excluding hydrogens is 218 g/mol. The van der Waals surface area contributed by atoms with Gasteiger partial charge >= 0.3 is 0 Å². The lowest BCUT2D eigenvalue weighted by Gasteiger charge is -2.05. The third-order valence-corrected chi connectivity index (χ3v) is 2.21. The van der Waals surface area contributed by atoms with Crippen molar-refractivity contribution in [3.05, 3.63) is 30.2 Å². The second-order valence-electron chi connectivity index (χ2n) is 3.46. The molecule has 5 heteroatoms. The van der Waals surface area contributed by atoms with Crippen LogP contribution in [0, 0.1) is 0 Å². The summed E-state index contributed by atoms with van der Waals surface area (Å²) in [5.74, 6) is 1.81. The second-order valence-corrected chi connectivity index (χ2v) is 3.46. The SMILES string of the molecule is CCOc1ccccc1-c1nnc(CNC)o1. The van der Waals surface area contributed by atoms with E-state index in [9.17, 15) is 0 Å². The van der Waals surface area contributed by atoms with Crippen LogP contribution in [0.4, 0.5) is 0 Å². The Morgan fingerprint density at radius 1 is 1.29 bits per heavy atom. The molecule has 90 valence electrons. The Labute approximate surface area is 99.8 Å². The van der Waals surface area contributed by atoms with E-state index in [0.717, 1.165) is 11.3 Å². The molecule has 0 atom stereocenters. The topological polar surface area (TPSA) is 60.2 Å². The van der Waals surface area contributed by atoms with Crippen LogP contribution in [0.2, 0.25) is 0 Å². The fourth-order valence-electron chi connectivity index (χ4n) is 1.51. The lowest BCUT2D eigenvalue weighted by atomic mass is 10.2. The summed E-state index contributed by atoms with van der Waals surface area (Å²) in [6, 6.07) is 7.63. The summed E-state index contributed by atoms with van der Waals surface area (Å²) in [5.41, 5.74) is 0.823. The molecule has 1 aromatic heterocycles. The third kappa shape index (κ3) is 2.62. The number of ether oxygens (including phenoxy) is 1. The molecular formula is C12H15N3O2. The monoisotopic (exact) mass is 233 g/mol. The Kier molecular flexibility index (Phi) is 3.72. The van der Waals surface area contributed by atoms with Crippen LogP contribution in [0.25, 0.3) is 11.5 Å². The van der Waals surface area contributed by atoms with Gasteiger partial charge < -0.3 is 14.5 Å². The van der Waals surface area contributed by atoms with E-state index < -0.39 is 0 Å². The minimum atomic E-state index is 0.485. The molecule has 0 saturated heterocycles. The van der Waals surface area contributed by atoms with Gasteiger partial charge in [-0.05, 0) is 26.1 Å². The molecule has 0 radical (unpaired) electrons. The molecule has 0 unspecified atom stereocenters. The maximum absolute atomic E-state index is 5.53. The lowest BCUT2D eigenvalue weighted by Crippen LogP contribution is -2.04. The quantitative estimate of drug-likeness (QED) is 0.854. The van der Waals surface area contributed by atoms with Crippen molar-refractivity contribution < 1.29 is 9.15 Å². The maximum Gasteiger partial charge on any atom is 0.251 e. The van der Waals surface area contributed by atoms with E-state index >= 15 is 0 Å². The standard InChI is InChI=1S/C12H15N3O2/c1-3-16-10-7-5-4-6-9(10)12-15-14-11(17-12)8-13-2/h4-7,13H,3,8H2,1-2H3. The van der Waals surface area contributed by atoms with Crippen molar-refractivity contribution >= 4 is 0 Å². The number of para-hydroxylation sites is 1. The summed E-state index contributed by atoms with van der Waals surface area (Å²) in [5, 5.41) is 10.9. The molecule has 0 fully saturated rings. The Morgan fingerprint density at radius 3 is 2.88 bits per heavy atom. The first-order valence-corrected chi connectivity index (χ1v) is 5.54. The smallest absolute Gasteiger partial charge is 0.251 e. The van der Waals surface area contributed by atoms with Crippen LogP contribution in [0.5, 0.6) is 5.75 Å². The van der Waals surface area contributed by atoms with E-state index in [1.54, 1.807) is 0 Å². The molecule has 0 bridgehead atoms. The van der Waals surface area contributed by atoms with Crippen LogP contribution < -0.4 is 10.1 Å². The minimum Gasteiger partial charge on any atom is -0.493 e.